The second kappa shape index (κ2) is 5.00. The van der Waals surface area contributed by atoms with E-state index in [2.05, 4.69) is 0 Å². The minimum atomic E-state index is -0.954. The van der Waals surface area contributed by atoms with Crippen molar-refractivity contribution in [1.82, 2.24) is 0 Å². The van der Waals surface area contributed by atoms with E-state index in [-0.39, 0.29) is 11.5 Å². The molecule has 0 spiro atoms. The molecule has 1 aromatic carbocycles. The maximum atomic E-state index is 9.71. The van der Waals surface area contributed by atoms with E-state index >= 15 is 0 Å². The van der Waals surface area contributed by atoms with E-state index in [9.17, 15) is 15.3 Å². The lowest BCUT2D eigenvalue weighted by molar-refractivity contribution is 0.0163. The monoisotopic (exact) mass is 212 g/mol. The molecule has 0 radical (unpaired) electrons. The number of benzene rings is 1. The van der Waals surface area contributed by atoms with Crippen LogP contribution in [0.1, 0.15) is 25.0 Å². The fraction of sp³-hybridized carbons (Fsp3) is 0.455. The summed E-state index contributed by atoms with van der Waals surface area (Å²) in [6.07, 6.45) is -1.30. The molecule has 0 aliphatic rings. The molecule has 0 aromatic heterocycles. The van der Waals surface area contributed by atoms with Crippen LogP contribution >= 0.6 is 0 Å². The van der Waals surface area contributed by atoms with E-state index in [0.717, 1.165) is 0 Å². The van der Waals surface area contributed by atoms with Crippen LogP contribution in [0.15, 0.2) is 18.2 Å². The minimum Gasteiger partial charge on any atom is -0.504 e. The Morgan fingerprint density at radius 3 is 2.53 bits per heavy atom. The Hall–Kier alpha value is -1.26. The highest BCUT2D eigenvalue weighted by atomic mass is 16.5. The van der Waals surface area contributed by atoms with Crippen LogP contribution in [-0.4, -0.2) is 28.5 Å². The number of aromatic hydroxyl groups is 1. The van der Waals surface area contributed by atoms with Crippen molar-refractivity contribution in [2.75, 3.05) is 7.11 Å². The van der Waals surface area contributed by atoms with Crippen LogP contribution in [0.3, 0.4) is 0 Å². The summed E-state index contributed by atoms with van der Waals surface area (Å²) in [5.41, 5.74) is 0.527. The summed E-state index contributed by atoms with van der Waals surface area (Å²) in [4.78, 5) is 0. The Morgan fingerprint density at radius 1 is 1.33 bits per heavy atom. The maximum Gasteiger partial charge on any atom is 0.160 e. The largest absolute Gasteiger partial charge is 0.504 e. The van der Waals surface area contributed by atoms with Crippen molar-refractivity contribution >= 4 is 0 Å². The predicted molar refractivity (Wildman–Crippen MR) is 55.9 cm³/mol. The Labute approximate surface area is 88.8 Å². The molecule has 4 heteroatoms. The molecule has 0 unspecified atom stereocenters. The summed E-state index contributed by atoms with van der Waals surface area (Å²) in [6.45, 7) is 1.78. The normalized spacial score (nSPS) is 14.7. The molecule has 0 saturated carbocycles. The lowest BCUT2D eigenvalue weighted by atomic mass is 10.0. The highest BCUT2D eigenvalue weighted by Crippen LogP contribution is 2.30. The molecule has 1 rings (SSSR count). The number of phenols is 1. The summed E-state index contributed by atoms with van der Waals surface area (Å²) in [5.74, 6) is 0.300. The van der Waals surface area contributed by atoms with Gasteiger partial charge in [0.1, 0.15) is 6.10 Å². The second-order valence-corrected chi connectivity index (χ2v) is 3.35. The highest BCUT2D eigenvalue weighted by Gasteiger charge is 2.17. The van der Waals surface area contributed by atoms with Gasteiger partial charge >= 0.3 is 0 Å². The SMILES string of the molecule is CC[C@@H](O)[C@H](O)c1ccc(O)c(OC)c1. The van der Waals surface area contributed by atoms with Gasteiger partial charge in [-0.1, -0.05) is 13.0 Å². The van der Waals surface area contributed by atoms with Gasteiger partial charge < -0.3 is 20.1 Å². The van der Waals surface area contributed by atoms with Gasteiger partial charge in [0.15, 0.2) is 11.5 Å². The first-order valence-corrected chi connectivity index (χ1v) is 4.83. The molecule has 15 heavy (non-hydrogen) atoms. The summed E-state index contributed by atoms with van der Waals surface area (Å²) >= 11 is 0. The smallest absolute Gasteiger partial charge is 0.160 e. The molecule has 0 bridgehead atoms. The summed E-state index contributed by atoms with van der Waals surface area (Å²) in [6, 6.07) is 4.50. The van der Waals surface area contributed by atoms with Crippen LogP contribution in [0.4, 0.5) is 0 Å². The molecule has 0 aliphatic heterocycles. The van der Waals surface area contributed by atoms with Gasteiger partial charge in [-0.05, 0) is 24.1 Å². The third-order valence-electron chi connectivity index (χ3n) is 2.33. The Bertz CT molecular complexity index is 324. The Kier molecular flexibility index (Phi) is 3.94. The average Bonchev–Trinajstić information content (AvgIpc) is 2.27. The van der Waals surface area contributed by atoms with E-state index in [1.54, 1.807) is 13.0 Å². The van der Waals surface area contributed by atoms with Crippen molar-refractivity contribution in [3.63, 3.8) is 0 Å². The first kappa shape index (κ1) is 11.8. The maximum absolute atomic E-state index is 9.71. The van der Waals surface area contributed by atoms with Gasteiger partial charge in [-0.15, -0.1) is 0 Å². The van der Waals surface area contributed by atoms with Gasteiger partial charge in [0.05, 0.1) is 13.2 Å². The van der Waals surface area contributed by atoms with E-state index in [1.165, 1.54) is 19.2 Å². The van der Waals surface area contributed by atoms with E-state index in [0.29, 0.717) is 12.0 Å². The molecule has 4 nitrogen and oxygen atoms in total. The van der Waals surface area contributed by atoms with Gasteiger partial charge in [0.25, 0.3) is 0 Å². The number of methoxy groups -OCH3 is 1. The lowest BCUT2D eigenvalue weighted by Gasteiger charge is -2.17. The molecule has 0 fully saturated rings. The first-order valence-electron chi connectivity index (χ1n) is 4.83. The third kappa shape index (κ3) is 2.61. The number of ether oxygens (including phenoxy) is 1. The van der Waals surface area contributed by atoms with Crippen molar-refractivity contribution in [3.05, 3.63) is 23.8 Å². The molecule has 2 atom stereocenters. The second-order valence-electron chi connectivity index (χ2n) is 3.35. The number of hydrogen-bond acceptors (Lipinski definition) is 4. The van der Waals surface area contributed by atoms with Crippen molar-refractivity contribution in [1.29, 1.82) is 0 Å². The molecular formula is C11H16O4. The van der Waals surface area contributed by atoms with E-state index < -0.39 is 12.2 Å². The summed E-state index contributed by atoms with van der Waals surface area (Å²) in [5, 5.41) is 28.5. The number of rotatable bonds is 4. The van der Waals surface area contributed by atoms with E-state index in [1.807, 2.05) is 0 Å². The molecule has 84 valence electrons. The van der Waals surface area contributed by atoms with Crippen LogP contribution in [0.2, 0.25) is 0 Å². The Balaban J connectivity index is 2.95. The average molecular weight is 212 g/mol. The predicted octanol–water partition coefficient (Wildman–Crippen LogP) is 1.21. The van der Waals surface area contributed by atoms with Crippen molar-refractivity contribution in [3.8, 4) is 11.5 Å². The summed E-state index contributed by atoms with van der Waals surface area (Å²) < 4.78 is 4.91. The fourth-order valence-electron chi connectivity index (χ4n) is 1.32. The zero-order valence-corrected chi connectivity index (χ0v) is 8.84. The lowest BCUT2D eigenvalue weighted by Crippen LogP contribution is -2.16. The molecule has 0 saturated heterocycles. The molecular weight excluding hydrogens is 196 g/mol. The minimum absolute atomic E-state index is 0.0134. The number of hydrogen-bond donors (Lipinski definition) is 3. The van der Waals surface area contributed by atoms with Gasteiger partial charge in [-0.25, -0.2) is 0 Å². The topological polar surface area (TPSA) is 69.9 Å². The molecule has 3 N–H and O–H groups in total. The zero-order chi connectivity index (χ0) is 11.4. The third-order valence-corrected chi connectivity index (χ3v) is 2.33. The number of phenolic OH excluding ortho intramolecular Hbond substituents is 1. The van der Waals surface area contributed by atoms with Crippen LogP contribution < -0.4 is 4.74 Å². The standard InChI is InChI=1S/C11H16O4/c1-3-8(12)11(14)7-4-5-9(13)10(6-7)15-2/h4-6,8,11-14H,3H2,1-2H3/t8-,11-/m1/s1. The highest BCUT2D eigenvalue weighted by molar-refractivity contribution is 5.42. The van der Waals surface area contributed by atoms with Gasteiger partial charge in [-0.2, -0.15) is 0 Å². The Morgan fingerprint density at radius 2 is 2.00 bits per heavy atom. The van der Waals surface area contributed by atoms with Crippen LogP contribution in [0.5, 0.6) is 11.5 Å². The quantitative estimate of drug-likeness (QED) is 0.701. The van der Waals surface area contributed by atoms with E-state index in [4.69, 9.17) is 4.74 Å². The van der Waals surface area contributed by atoms with Gasteiger partial charge in [0.2, 0.25) is 0 Å². The number of aliphatic hydroxyl groups is 2. The summed E-state index contributed by atoms with van der Waals surface area (Å²) in [7, 11) is 1.43. The first-order chi connectivity index (χ1) is 7.10. The fourth-order valence-corrected chi connectivity index (χ4v) is 1.32. The van der Waals surface area contributed by atoms with Gasteiger partial charge in [0, 0.05) is 0 Å². The van der Waals surface area contributed by atoms with Crippen molar-refractivity contribution in [2.45, 2.75) is 25.6 Å². The van der Waals surface area contributed by atoms with Crippen molar-refractivity contribution in [2.24, 2.45) is 0 Å². The number of aliphatic hydroxyl groups excluding tert-OH is 2. The van der Waals surface area contributed by atoms with Crippen molar-refractivity contribution < 1.29 is 20.1 Å². The molecule has 0 amide bonds. The molecule has 1 aromatic rings. The van der Waals surface area contributed by atoms with Crippen LogP contribution in [0.25, 0.3) is 0 Å². The molecule has 0 heterocycles. The van der Waals surface area contributed by atoms with Gasteiger partial charge in [-0.3, -0.25) is 0 Å². The zero-order valence-electron chi connectivity index (χ0n) is 8.84. The molecule has 0 aliphatic carbocycles. The van der Waals surface area contributed by atoms with Crippen LogP contribution in [0, 0.1) is 0 Å². The van der Waals surface area contributed by atoms with Crippen LogP contribution in [-0.2, 0) is 0 Å².